The van der Waals surface area contributed by atoms with E-state index in [4.69, 9.17) is 0 Å². The molecule has 48 heavy (non-hydrogen) atoms. The van der Waals surface area contributed by atoms with E-state index in [9.17, 15) is 0 Å². The Kier molecular flexibility index (Phi) is 6.78. The fourth-order valence-electron chi connectivity index (χ4n) is 9.15. The van der Waals surface area contributed by atoms with Gasteiger partial charge in [0.05, 0.1) is 18.5 Å². The zero-order valence-electron chi connectivity index (χ0n) is 28.2. The van der Waals surface area contributed by atoms with Crippen molar-refractivity contribution in [3.63, 3.8) is 0 Å². The van der Waals surface area contributed by atoms with Crippen molar-refractivity contribution in [1.82, 2.24) is 16.0 Å². The van der Waals surface area contributed by atoms with Crippen LogP contribution in [0.1, 0.15) is 91.1 Å². The Labute approximate surface area is 284 Å². The molecule has 4 aliphatic rings. The molecule has 1 saturated heterocycles. The molecular formula is C45H43N3. The summed E-state index contributed by atoms with van der Waals surface area (Å²) in [6.07, 6.45) is 5.23. The summed E-state index contributed by atoms with van der Waals surface area (Å²) in [5.41, 5.74) is 15.0. The first-order valence-electron chi connectivity index (χ1n) is 17.5. The van der Waals surface area contributed by atoms with E-state index in [2.05, 4.69) is 183 Å². The number of benzene rings is 5. The van der Waals surface area contributed by atoms with E-state index in [0.717, 1.165) is 0 Å². The third-order valence-corrected chi connectivity index (χ3v) is 11.7. The second-order valence-corrected chi connectivity index (χ2v) is 15.1. The van der Waals surface area contributed by atoms with Gasteiger partial charge in [-0.15, -0.1) is 0 Å². The summed E-state index contributed by atoms with van der Waals surface area (Å²) in [7, 11) is 0. The Morgan fingerprint density at radius 1 is 0.521 bits per heavy atom. The van der Waals surface area contributed by atoms with Gasteiger partial charge < -0.3 is 0 Å². The Hall–Kier alpha value is -4.54. The summed E-state index contributed by atoms with van der Waals surface area (Å²) >= 11 is 0. The van der Waals surface area contributed by atoms with Gasteiger partial charge in [-0.2, -0.15) is 0 Å². The fourth-order valence-corrected chi connectivity index (χ4v) is 9.15. The predicted octanol–water partition coefficient (Wildman–Crippen LogP) is 9.84. The molecule has 1 fully saturated rings. The highest BCUT2D eigenvalue weighted by molar-refractivity contribution is 5.98. The van der Waals surface area contributed by atoms with E-state index in [0.29, 0.717) is 11.8 Å². The summed E-state index contributed by atoms with van der Waals surface area (Å²) in [5.74, 6) is 0.852. The lowest BCUT2D eigenvalue weighted by molar-refractivity contribution is 0.203. The summed E-state index contributed by atoms with van der Waals surface area (Å²) in [6, 6.07) is 46.6. The van der Waals surface area contributed by atoms with Crippen molar-refractivity contribution in [1.29, 1.82) is 0 Å². The Bertz CT molecular complexity index is 2040. The van der Waals surface area contributed by atoms with Crippen molar-refractivity contribution in [3.05, 3.63) is 184 Å². The third-order valence-electron chi connectivity index (χ3n) is 11.7. The monoisotopic (exact) mass is 625 g/mol. The van der Waals surface area contributed by atoms with Gasteiger partial charge in [0.25, 0.3) is 0 Å². The second-order valence-electron chi connectivity index (χ2n) is 15.1. The van der Waals surface area contributed by atoms with Gasteiger partial charge in [-0.05, 0) is 78.6 Å². The maximum absolute atomic E-state index is 3.87. The van der Waals surface area contributed by atoms with Crippen molar-refractivity contribution in [2.75, 3.05) is 0 Å². The Balaban J connectivity index is 1.13. The van der Waals surface area contributed by atoms with Gasteiger partial charge in [-0.1, -0.05) is 161 Å². The minimum atomic E-state index is -0.0609. The molecule has 9 rings (SSSR count). The summed E-state index contributed by atoms with van der Waals surface area (Å²) < 4.78 is 0. The first kappa shape index (κ1) is 29.6. The number of hydrogen-bond donors (Lipinski definition) is 3. The number of rotatable bonds is 4. The molecule has 238 valence electrons. The highest BCUT2D eigenvalue weighted by Gasteiger charge is 2.50. The van der Waals surface area contributed by atoms with Crippen LogP contribution in [0.4, 0.5) is 0 Å². The molecule has 5 aromatic rings. The van der Waals surface area contributed by atoms with Crippen LogP contribution in [0, 0.1) is 5.92 Å². The van der Waals surface area contributed by atoms with E-state index in [1.54, 1.807) is 0 Å². The molecule has 3 aliphatic carbocycles. The molecule has 4 unspecified atom stereocenters. The lowest BCUT2D eigenvalue weighted by Gasteiger charge is -2.39. The first-order valence-corrected chi connectivity index (χ1v) is 17.5. The van der Waals surface area contributed by atoms with Gasteiger partial charge in [0.15, 0.2) is 0 Å². The SMILES string of the molecule is CC1(C)C2=CC3C(C=C2c2c(-c4cccc(C5NC(c6ccccc6)NC(c6ccccc6)N5)c4)cccc21)c1ccccc1C3(C)C. The molecule has 3 N–H and O–H groups in total. The highest BCUT2D eigenvalue weighted by Crippen LogP contribution is 2.61. The molecule has 0 radical (unpaired) electrons. The van der Waals surface area contributed by atoms with Crippen LogP contribution in [0.15, 0.2) is 145 Å². The van der Waals surface area contributed by atoms with Gasteiger partial charge in [-0.3, -0.25) is 16.0 Å². The van der Waals surface area contributed by atoms with E-state index >= 15 is 0 Å². The fraction of sp³-hybridized carbons (Fsp3) is 0.244. The summed E-state index contributed by atoms with van der Waals surface area (Å²) in [6.45, 7) is 9.72. The minimum Gasteiger partial charge on any atom is -0.279 e. The zero-order valence-corrected chi connectivity index (χ0v) is 28.2. The van der Waals surface area contributed by atoms with Crippen LogP contribution in [0.2, 0.25) is 0 Å². The number of hydrogen-bond acceptors (Lipinski definition) is 3. The second kappa shape index (κ2) is 11.0. The molecule has 1 aliphatic heterocycles. The van der Waals surface area contributed by atoms with Crippen molar-refractivity contribution in [2.24, 2.45) is 5.92 Å². The quantitative estimate of drug-likeness (QED) is 0.186. The van der Waals surface area contributed by atoms with Crippen molar-refractivity contribution in [2.45, 2.75) is 62.9 Å². The normalized spacial score (nSPS) is 26.0. The topological polar surface area (TPSA) is 36.1 Å². The van der Waals surface area contributed by atoms with Gasteiger partial charge in [-0.25, -0.2) is 0 Å². The Morgan fingerprint density at radius 2 is 1.08 bits per heavy atom. The van der Waals surface area contributed by atoms with Crippen LogP contribution in [-0.4, -0.2) is 0 Å². The molecule has 0 spiro atoms. The summed E-state index contributed by atoms with van der Waals surface area (Å²) in [4.78, 5) is 0. The van der Waals surface area contributed by atoms with E-state index in [-0.39, 0.29) is 29.3 Å². The van der Waals surface area contributed by atoms with Crippen LogP contribution in [0.5, 0.6) is 0 Å². The van der Waals surface area contributed by atoms with Crippen LogP contribution < -0.4 is 16.0 Å². The Morgan fingerprint density at radius 3 is 1.77 bits per heavy atom. The molecule has 5 aromatic carbocycles. The van der Waals surface area contributed by atoms with Crippen LogP contribution in [0.25, 0.3) is 16.7 Å². The van der Waals surface area contributed by atoms with E-state index in [1.165, 1.54) is 61.2 Å². The van der Waals surface area contributed by atoms with Gasteiger partial charge in [0.1, 0.15) is 0 Å². The molecule has 1 heterocycles. The number of allylic oxidation sites excluding steroid dienone is 4. The minimum absolute atomic E-state index is 0.000315. The molecule has 0 amide bonds. The van der Waals surface area contributed by atoms with Gasteiger partial charge in [0.2, 0.25) is 0 Å². The standard InChI is InChI=1S/C45H43N3/c1-44(2)36-23-12-11-21-33(36)34-26-35-39(27-38(34)44)45(3,4)37-24-14-22-32(40(35)37)30-19-13-20-31(25-30)43-47-41(28-15-7-5-8-16-28)46-42(48-43)29-17-9-6-10-18-29/h5-27,34,38,41-43,46-48H,1-4H3. The molecule has 3 heteroatoms. The average Bonchev–Trinajstić information content (AvgIpc) is 3.50. The first-order chi connectivity index (χ1) is 23.3. The third kappa shape index (κ3) is 4.53. The van der Waals surface area contributed by atoms with Crippen LogP contribution in [-0.2, 0) is 10.8 Å². The van der Waals surface area contributed by atoms with E-state index in [1.807, 2.05) is 0 Å². The van der Waals surface area contributed by atoms with Crippen molar-refractivity contribution < 1.29 is 0 Å². The van der Waals surface area contributed by atoms with Gasteiger partial charge in [0, 0.05) is 11.3 Å². The smallest absolute Gasteiger partial charge is 0.0864 e. The van der Waals surface area contributed by atoms with E-state index < -0.39 is 0 Å². The molecule has 0 saturated carbocycles. The summed E-state index contributed by atoms with van der Waals surface area (Å²) in [5, 5.41) is 11.6. The molecule has 0 bridgehead atoms. The molecule has 3 nitrogen and oxygen atoms in total. The highest BCUT2D eigenvalue weighted by atomic mass is 15.4. The van der Waals surface area contributed by atoms with Crippen molar-refractivity contribution in [3.8, 4) is 11.1 Å². The van der Waals surface area contributed by atoms with Crippen LogP contribution >= 0.6 is 0 Å². The molecule has 4 atom stereocenters. The number of nitrogens with one attached hydrogen (secondary N) is 3. The molecular weight excluding hydrogens is 583 g/mol. The van der Waals surface area contributed by atoms with Gasteiger partial charge >= 0.3 is 0 Å². The maximum atomic E-state index is 3.87. The predicted molar refractivity (Wildman–Crippen MR) is 197 cm³/mol. The largest absolute Gasteiger partial charge is 0.279 e. The maximum Gasteiger partial charge on any atom is 0.0864 e. The van der Waals surface area contributed by atoms with Crippen LogP contribution in [0.3, 0.4) is 0 Å². The lowest BCUT2D eigenvalue weighted by atomic mass is 9.69. The zero-order chi connectivity index (χ0) is 32.6. The lowest BCUT2D eigenvalue weighted by Crippen LogP contribution is -2.54. The van der Waals surface area contributed by atoms with Crippen molar-refractivity contribution >= 4 is 5.57 Å². The molecule has 0 aromatic heterocycles. The average molecular weight is 626 g/mol. The number of fused-ring (bicyclic) bond motifs is 6.